The Balaban J connectivity index is 1.42. The van der Waals surface area contributed by atoms with Gasteiger partial charge in [0, 0.05) is 31.0 Å². The van der Waals surface area contributed by atoms with Crippen molar-refractivity contribution in [2.45, 2.75) is 24.9 Å². The second-order valence-electron chi connectivity index (χ2n) is 7.81. The number of hydrogen-bond acceptors (Lipinski definition) is 6. The summed E-state index contributed by atoms with van der Waals surface area (Å²) < 4.78 is 22.7. The SMILES string of the molecule is COc1ccc2c(c1OC)OC1(CCN(C(=O)COc3ccc(Cl)cc3Cl)CC1)CC2=O. The van der Waals surface area contributed by atoms with Crippen molar-refractivity contribution in [1.29, 1.82) is 0 Å². The summed E-state index contributed by atoms with van der Waals surface area (Å²) in [6.07, 6.45) is 1.30. The molecule has 2 aliphatic rings. The molecule has 7 nitrogen and oxygen atoms in total. The lowest BCUT2D eigenvalue weighted by molar-refractivity contribution is -0.137. The summed E-state index contributed by atoms with van der Waals surface area (Å²) in [5.74, 6) is 1.55. The maximum Gasteiger partial charge on any atom is 0.260 e. The van der Waals surface area contributed by atoms with Crippen LogP contribution in [0.15, 0.2) is 30.3 Å². The molecule has 0 aromatic heterocycles. The number of ether oxygens (including phenoxy) is 4. The number of fused-ring (bicyclic) bond motifs is 1. The van der Waals surface area contributed by atoms with Gasteiger partial charge in [0.25, 0.3) is 5.91 Å². The number of methoxy groups -OCH3 is 2. The molecular weight excluding hydrogens is 457 g/mol. The Morgan fingerprint density at radius 3 is 2.47 bits per heavy atom. The topological polar surface area (TPSA) is 74.3 Å². The molecule has 2 aromatic rings. The first-order chi connectivity index (χ1) is 15.4. The smallest absolute Gasteiger partial charge is 0.260 e. The number of rotatable bonds is 5. The number of halogens is 2. The molecule has 170 valence electrons. The molecule has 0 N–H and O–H groups in total. The van der Waals surface area contributed by atoms with Crippen molar-refractivity contribution >= 4 is 34.9 Å². The number of hydrogen-bond donors (Lipinski definition) is 0. The van der Waals surface area contributed by atoms with Crippen LogP contribution in [0.3, 0.4) is 0 Å². The Bertz CT molecular complexity index is 1050. The molecule has 1 saturated heterocycles. The minimum atomic E-state index is -0.680. The average molecular weight is 480 g/mol. The minimum Gasteiger partial charge on any atom is -0.493 e. The van der Waals surface area contributed by atoms with E-state index in [-0.39, 0.29) is 24.7 Å². The maximum atomic E-state index is 12.9. The molecule has 2 aliphatic heterocycles. The molecular formula is C23H23Cl2NO6. The molecule has 0 aliphatic carbocycles. The molecule has 0 bridgehead atoms. The summed E-state index contributed by atoms with van der Waals surface area (Å²) >= 11 is 12.0. The maximum absolute atomic E-state index is 12.9. The first kappa shape index (κ1) is 22.6. The van der Waals surface area contributed by atoms with Crippen molar-refractivity contribution in [2.75, 3.05) is 33.9 Å². The van der Waals surface area contributed by atoms with E-state index >= 15 is 0 Å². The van der Waals surface area contributed by atoms with Crippen LogP contribution in [-0.2, 0) is 4.79 Å². The van der Waals surface area contributed by atoms with E-state index in [4.69, 9.17) is 42.1 Å². The van der Waals surface area contributed by atoms with Gasteiger partial charge in [0.1, 0.15) is 11.4 Å². The van der Waals surface area contributed by atoms with Crippen LogP contribution in [0, 0.1) is 0 Å². The zero-order valence-corrected chi connectivity index (χ0v) is 19.3. The van der Waals surface area contributed by atoms with Gasteiger partial charge in [-0.3, -0.25) is 9.59 Å². The number of amides is 1. The van der Waals surface area contributed by atoms with Crippen molar-refractivity contribution in [1.82, 2.24) is 4.90 Å². The van der Waals surface area contributed by atoms with Crippen molar-refractivity contribution in [3.63, 3.8) is 0 Å². The largest absolute Gasteiger partial charge is 0.493 e. The fourth-order valence-electron chi connectivity index (χ4n) is 4.13. The van der Waals surface area contributed by atoms with Gasteiger partial charge in [-0.2, -0.15) is 0 Å². The summed E-state index contributed by atoms with van der Waals surface area (Å²) in [6, 6.07) is 8.24. The van der Waals surface area contributed by atoms with Crippen molar-refractivity contribution in [3.8, 4) is 23.0 Å². The summed E-state index contributed by atoms with van der Waals surface area (Å²) in [5, 5.41) is 0.841. The molecule has 1 amide bonds. The number of carbonyl (C=O) groups excluding carboxylic acids is 2. The standard InChI is InChI=1S/C23H23Cl2NO6/c1-29-19-6-4-15-17(27)12-23(32-21(15)22(19)30-2)7-9-26(10-8-23)20(28)13-31-18-5-3-14(24)11-16(18)25/h3-6,11H,7-10,12-13H2,1-2H3. The van der Waals surface area contributed by atoms with Crippen LogP contribution in [0.4, 0.5) is 0 Å². The highest BCUT2D eigenvalue weighted by molar-refractivity contribution is 6.35. The van der Waals surface area contributed by atoms with Crippen molar-refractivity contribution in [3.05, 3.63) is 45.9 Å². The Morgan fingerprint density at radius 1 is 1.09 bits per heavy atom. The van der Waals surface area contributed by atoms with Gasteiger partial charge in [-0.05, 0) is 30.3 Å². The van der Waals surface area contributed by atoms with E-state index in [1.165, 1.54) is 14.2 Å². The van der Waals surface area contributed by atoms with E-state index in [1.54, 1.807) is 35.2 Å². The second kappa shape index (κ2) is 9.08. The minimum absolute atomic E-state index is 0.00677. The highest BCUT2D eigenvalue weighted by Gasteiger charge is 2.45. The van der Waals surface area contributed by atoms with E-state index in [1.807, 2.05) is 0 Å². The summed E-state index contributed by atoms with van der Waals surface area (Å²) in [7, 11) is 3.05. The van der Waals surface area contributed by atoms with Gasteiger partial charge in [-0.15, -0.1) is 0 Å². The normalized spacial score (nSPS) is 16.9. The average Bonchev–Trinajstić information content (AvgIpc) is 2.78. The highest BCUT2D eigenvalue weighted by Crippen LogP contribution is 2.47. The van der Waals surface area contributed by atoms with Gasteiger partial charge in [-0.25, -0.2) is 0 Å². The molecule has 9 heteroatoms. The molecule has 0 unspecified atom stereocenters. The number of benzene rings is 2. The summed E-state index contributed by atoms with van der Waals surface area (Å²) in [6.45, 7) is 0.763. The zero-order valence-electron chi connectivity index (χ0n) is 17.8. The van der Waals surface area contributed by atoms with Crippen LogP contribution in [0.25, 0.3) is 0 Å². The lowest BCUT2D eigenvalue weighted by Crippen LogP contribution is -2.53. The molecule has 0 saturated carbocycles. The summed E-state index contributed by atoms with van der Waals surface area (Å²) in [4.78, 5) is 27.2. The molecule has 0 atom stereocenters. The van der Waals surface area contributed by atoms with Gasteiger partial charge in [0.05, 0.1) is 31.2 Å². The first-order valence-corrected chi connectivity index (χ1v) is 10.9. The zero-order chi connectivity index (χ0) is 22.9. The molecule has 2 heterocycles. The highest BCUT2D eigenvalue weighted by atomic mass is 35.5. The van der Waals surface area contributed by atoms with E-state index in [0.29, 0.717) is 64.5 Å². The van der Waals surface area contributed by atoms with Gasteiger partial charge < -0.3 is 23.8 Å². The lowest BCUT2D eigenvalue weighted by atomic mass is 9.82. The number of Topliss-reactive ketones (excluding diaryl/α,β-unsaturated/α-hetero) is 1. The monoisotopic (exact) mass is 479 g/mol. The molecule has 4 rings (SSSR count). The third-order valence-electron chi connectivity index (χ3n) is 5.87. The third-order valence-corrected chi connectivity index (χ3v) is 6.40. The van der Waals surface area contributed by atoms with Crippen LogP contribution in [0.2, 0.25) is 10.0 Å². The van der Waals surface area contributed by atoms with Crippen molar-refractivity contribution < 1.29 is 28.5 Å². The van der Waals surface area contributed by atoms with E-state index in [0.717, 1.165) is 0 Å². The Kier molecular flexibility index (Phi) is 6.40. The van der Waals surface area contributed by atoms with E-state index < -0.39 is 5.60 Å². The second-order valence-corrected chi connectivity index (χ2v) is 8.65. The Labute approximate surface area is 196 Å². The predicted octanol–water partition coefficient (Wildman–Crippen LogP) is 4.42. The van der Waals surface area contributed by atoms with Crippen molar-refractivity contribution in [2.24, 2.45) is 0 Å². The van der Waals surface area contributed by atoms with Crippen LogP contribution in [0.5, 0.6) is 23.0 Å². The first-order valence-electron chi connectivity index (χ1n) is 10.2. The number of piperidine rings is 1. The Hall–Kier alpha value is -2.64. The van der Waals surface area contributed by atoms with Crippen LogP contribution in [0.1, 0.15) is 29.6 Å². The third kappa shape index (κ3) is 4.32. The number of carbonyl (C=O) groups is 2. The molecule has 1 spiro atoms. The van der Waals surface area contributed by atoms with Crippen LogP contribution in [-0.4, -0.2) is 56.1 Å². The summed E-state index contributed by atoms with van der Waals surface area (Å²) in [5.41, 5.74) is -0.194. The van der Waals surface area contributed by atoms with E-state index in [9.17, 15) is 9.59 Å². The van der Waals surface area contributed by atoms with Crippen LogP contribution < -0.4 is 18.9 Å². The van der Waals surface area contributed by atoms with Crippen LogP contribution >= 0.6 is 23.2 Å². The molecule has 2 aromatic carbocycles. The molecule has 1 fully saturated rings. The number of nitrogens with zero attached hydrogens (tertiary/aromatic N) is 1. The fraction of sp³-hybridized carbons (Fsp3) is 0.391. The molecule has 32 heavy (non-hydrogen) atoms. The van der Waals surface area contributed by atoms with Gasteiger partial charge in [0.2, 0.25) is 5.75 Å². The number of likely N-dealkylation sites (tertiary alicyclic amines) is 1. The van der Waals surface area contributed by atoms with Gasteiger partial charge >= 0.3 is 0 Å². The lowest BCUT2D eigenvalue weighted by Gasteiger charge is -2.44. The predicted molar refractivity (Wildman–Crippen MR) is 120 cm³/mol. The number of ketones is 1. The quantitative estimate of drug-likeness (QED) is 0.631. The fourth-order valence-corrected chi connectivity index (χ4v) is 4.59. The Morgan fingerprint density at radius 2 is 1.81 bits per heavy atom. The van der Waals surface area contributed by atoms with Gasteiger partial charge in [0.15, 0.2) is 23.9 Å². The molecule has 0 radical (unpaired) electrons. The van der Waals surface area contributed by atoms with Gasteiger partial charge in [-0.1, -0.05) is 23.2 Å². The van der Waals surface area contributed by atoms with E-state index in [2.05, 4.69) is 0 Å².